The smallest absolute Gasteiger partial charge is 0.0995 e. The van der Waals surface area contributed by atoms with Crippen LogP contribution in [0.15, 0.2) is 73.1 Å². The van der Waals surface area contributed by atoms with Gasteiger partial charge >= 0.3 is 0 Å². The molecule has 2 aromatic carbocycles. The third-order valence-electron chi connectivity index (χ3n) is 4.06. The zero-order valence-corrected chi connectivity index (χ0v) is 12.5. The third-order valence-corrected chi connectivity index (χ3v) is 4.06. The van der Waals surface area contributed by atoms with E-state index in [0.717, 1.165) is 33.3 Å². The molecule has 1 atom stereocenters. The van der Waals surface area contributed by atoms with Gasteiger partial charge in [-0.1, -0.05) is 54.6 Å². The Morgan fingerprint density at radius 2 is 1.87 bits per heavy atom. The maximum absolute atomic E-state index is 10.3. The molecule has 3 heteroatoms. The van der Waals surface area contributed by atoms with Crippen molar-refractivity contribution >= 4 is 28.2 Å². The molecule has 1 aliphatic carbocycles. The van der Waals surface area contributed by atoms with Crippen LogP contribution in [0.2, 0.25) is 0 Å². The minimum absolute atomic E-state index is 0.611. The highest BCUT2D eigenvalue weighted by Gasteiger charge is 2.17. The number of hydrogen-bond donors (Lipinski definition) is 2. The zero-order chi connectivity index (χ0) is 15.6. The van der Waals surface area contributed by atoms with Gasteiger partial charge in [0.25, 0.3) is 0 Å². The minimum atomic E-state index is -0.611. The van der Waals surface area contributed by atoms with Gasteiger partial charge < -0.3 is 10.4 Å². The van der Waals surface area contributed by atoms with Crippen LogP contribution in [0.25, 0.3) is 22.6 Å². The fourth-order valence-corrected chi connectivity index (χ4v) is 2.90. The summed E-state index contributed by atoms with van der Waals surface area (Å²) in [4.78, 5) is 4.44. The fraction of sp³-hybridized carbons (Fsp3) is 0.0500. The molecule has 0 saturated heterocycles. The number of aliphatic hydroxyl groups excluding tert-OH is 1. The molecular weight excluding hydrogens is 284 g/mol. The van der Waals surface area contributed by atoms with Gasteiger partial charge in [0.05, 0.1) is 17.3 Å². The molecule has 0 bridgehead atoms. The van der Waals surface area contributed by atoms with E-state index in [1.54, 1.807) is 12.3 Å². The van der Waals surface area contributed by atoms with Gasteiger partial charge in [-0.15, -0.1) is 0 Å². The highest BCUT2D eigenvalue weighted by atomic mass is 16.3. The van der Waals surface area contributed by atoms with Crippen LogP contribution in [-0.4, -0.2) is 16.2 Å². The number of nitrogens with one attached hydrogen (secondary N) is 1. The molecule has 112 valence electrons. The zero-order valence-electron chi connectivity index (χ0n) is 12.5. The van der Waals surface area contributed by atoms with Crippen LogP contribution in [0.3, 0.4) is 0 Å². The number of aliphatic hydroxyl groups is 1. The molecule has 4 rings (SSSR count). The quantitative estimate of drug-likeness (QED) is 0.749. The second kappa shape index (κ2) is 5.71. The van der Waals surface area contributed by atoms with Crippen molar-refractivity contribution in [2.75, 3.05) is 5.32 Å². The van der Waals surface area contributed by atoms with E-state index in [0.29, 0.717) is 0 Å². The van der Waals surface area contributed by atoms with Gasteiger partial charge in [-0.05, 0) is 23.3 Å². The first-order chi connectivity index (χ1) is 11.3. The molecule has 0 amide bonds. The molecule has 2 N–H and O–H groups in total. The van der Waals surface area contributed by atoms with Crippen molar-refractivity contribution < 1.29 is 5.11 Å². The van der Waals surface area contributed by atoms with Crippen LogP contribution >= 0.6 is 0 Å². The standard InChI is InChI=1S/C20H16N2O/c23-19-11-10-14-5-1-2-8-16(14)17(19)13-22-18-9-3-6-15-7-4-12-21-20(15)18/h1-13,19,22-23H/b17-13+. The number of benzene rings is 2. The number of aromatic nitrogens is 1. The summed E-state index contributed by atoms with van der Waals surface area (Å²) in [6.07, 6.45) is 6.80. The lowest BCUT2D eigenvalue weighted by Crippen LogP contribution is -2.12. The van der Waals surface area contributed by atoms with E-state index in [4.69, 9.17) is 0 Å². The summed E-state index contributed by atoms with van der Waals surface area (Å²) in [5, 5.41) is 14.7. The summed E-state index contributed by atoms with van der Waals surface area (Å²) in [6.45, 7) is 0. The van der Waals surface area contributed by atoms with Crippen LogP contribution in [0, 0.1) is 0 Å². The molecule has 0 radical (unpaired) electrons. The molecule has 23 heavy (non-hydrogen) atoms. The average molecular weight is 300 g/mol. The van der Waals surface area contributed by atoms with E-state index in [-0.39, 0.29) is 0 Å². The molecule has 3 aromatic rings. The predicted molar refractivity (Wildman–Crippen MR) is 94.8 cm³/mol. The maximum Gasteiger partial charge on any atom is 0.0995 e. The molecule has 0 saturated carbocycles. The number of para-hydroxylation sites is 1. The van der Waals surface area contributed by atoms with Crippen LogP contribution in [0.4, 0.5) is 5.69 Å². The van der Waals surface area contributed by atoms with Crippen molar-refractivity contribution in [2.45, 2.75) is 6.10 Å². The molecule has 3 nitrogen and oxygen atoms in total. The van der Waals surface area contributed by atoms with E-state index in [9.17, 15) is 5.11 Å². The second-order valence-electron chi connectivity index (χ2n) is 5.52. The van der Waals surface area contributed by atoms with Crippen molar-refractivity contribution in [3.05, 3.63) is 84.2 Å². The molecule has 0 fully saturated rings. The van der Waals surface area contributed by atoms with Crippen molar-refractivity contribution in [3.63, 3.8) is 0 Å². The van der Waals surface area contributed by atoms with Gasteiger partial charge in [0.2, 0.25) is 0 Å². The summed E-state index contributed by atoms with van der Waals surface area (Å²) in [6, 6.07) is 18.0. The highest BCUT2D eigenvalue weighted by Crippen LogP contribution is 2.29. The normalized spacial score (nSPS) is 18.1. The van der Waals surface area contributed by atoms with E-state index < -0.39 is 6.10 Å². The molecule has 1 unspecified atom stereocenters. The van der Waals surface area contributed by atoms with Gasteiger partial charge in [0.1, 0.15) is 0 Å². The van der Waals surface area contributed by atoms with Crippen molar-refractivity contribution in [1.29, 1.82) is 0 Å². The van der Waals surface area contributed by atoms with Gasteiger partial charge in [0.15, 0.2) is 0 Å². The number of pyridine rings is 1. The molecule has 1 heterocycles. The Bertz CT molecular complexity index is 922. The molecule has 1 aliphatic rings. The highest BCUT2D eigenvalue weighted by molar-refractivity contribution is 5.91. The lowest BCUT2D eigenvalue weighted by Gasteiger charge is -2.19. The van der Waals surface area contributed by atoms with Crippen LogP contribution in [-0.2, 0) is 0 Å². The topological polar surface area (TPSA) is 45.1 Å². The summed E-state index contributed by atoms with van der Waals surface area (Å²) in [5.41, 5.74) is 4.86. The van der Waals surface area contributed by atoms with Crippen molar-refractivity contribution in [2.24, 2.45) is 0 Å². The molecule has 0 spiro atoms. The Morgan fingerprint density at radius 1 is 1.00 bits per heavy atom. The Balaban J connectivity index is 1.74. The van der Waals surface area contributed by atoms with Crippen LogP contribution < -0.4 is 5.32 Å². The van der Waals surface area contributed by atoms with E-state index in [1.165, 1.54) is 0 Å². The Kier molecular flexibility index (Phi) is 3.41. The first kappa shape index (κ1) is 13.7. The fourth-order valence-electron chi connectivity index (χ4n) is 2.90. The summed E-state index contributed by atoms with van der Waals surface area (Å²) >= 11 is 0. The Hall–Kier alpha value is -2.91. The lowest BCUT2D eigenvalue weighted by molar-refractivity contribution is 0.280. The SMILES string of the molecule is OC1C=Cc2ccccc2/C1=C\Nc1cccc2cccnc12. The number of rotatable bonds is 2. The number of hydrogen-bond acceptors (Lipinski definition) is 3. The third kappa shape index (κ3) is 2.51. The van der Waals surface area contributed by atoms with Gasteiger partial charge in [-0.25, -0.2) is 0 Å². The van der Waals surface area contributed by atoms with Crippen molar-refractivity contribution in [1.82, 2.24) is 4.98 Å². The summed E-state index contributed by atoms with van der Waals surface area (Å²) in [5.74, 6) is 0. The number of anilines is 1. The van der Waals surface area contributed by atoms with Gasteiger partial charge in [-0.3, -0.25) is 4.98 Å². The van der Waals surface area contributed by atoms with Crippen LogP contribution in [0.5, 0.6) is 0 Å². The van der Waals surface area contributed by atoms with Crippen LogP contribution in [0.1, 0.15) is 11.1 Å². The number of nitrogens with zero attached hydrogens (tertiary/aromatic N) is 1. The minimum Gasteiger partial charge on any atom is -0.384 e. The van der Waals surface area contributed by atoms with Crippen molar-refractivity contribution in [3.8, 4) is 0 Å². The molecular formula is C20H16N2O. The van der Waals surface area contributed by atoms with E-state index in [2.05, 4.69) is 10.3 Å². The van der Waals surface area contributed by atoms with Gasteiger partial charge in [-0.2, -0.15) is 0 Å². The summed E-state index contributed by atoms with van der Waals surface area (Å²) < 4.78 is 0. The first-order valence-electron chi connectivity index (χ1n) is 7.59. The van der Waals surface area contributed by atoms with E-state index in [1.807, 2.05) is 66.9 Å². The maximum atomic E-state index is 10.3. The predicted octanol–water partition coefficient (Wildman–Crippen LogP) is 4.08. The Morgan fingerprint density at radius 3 is 2.83 bits per heavy atom. The Labute approximate surface area is 134 Å². The van der Waals surface area contributed by atoms with Gasteiger partial charge in [0, 0.05) is 23.4 Å². The number of fused-ring (bicyclic) bond motifs is 2. The lowest BCUT2D eigenvalue weighted by atomic mass is 9.91. The molecule has 0 aliphatic heterocycles. The second-order valence-corrected chi connectivity index (χ2v) is 5.52. The molecule has 1 aromatic heterocycles. The largest absolute Gasteiger partial charge is 0.384 e. The van der Waals surface area contributed by atoms with E-state index >= 15 is 0 Å². The first-order valence-corrected chi connectivity index (χ1v) is 7.59. The summed E-state index contributed by atoms with van der Waals surface area (Å²) in [7, 11) is 0. The average Bonchev–Trinajstić information content (AvgIpc) is 2.61. The monoisotopic (exact) mass is 300 g/mol.